The smallest absolute Gasteiger partial charge is 0.341 e. The van der Waals surface area contributed by atoms with Crippen molar-refractivity contribution in [1.82, 2.24) is 0 Å². The zero-order valence-electron chi connectivity index (χ0n) is 13.8. The number of ketones is 1. The number of carbonyl (C=O) groups is 2. The van der Waals surface area contributed by atoms with E-state index < -0.39 is 17.5 Å². The highest BCUT2D eigenvalue weighted by Gasteiger charge is 2.33. The number of fused-ring (bicyclic) bond motifs is 2. The number of hydrogen-bond donors (Lipinski definition) is 3. The number of benzene rings is 2. The van der Waals surface area contributed by atoms with Crippen LogP contribution in [0.5, 0.6) is 23.0 Å². The van der Waals surface area contributed by atoms with Gasteiger partial charge in [-0.25, -0.2) is 4.79 Å². The molecule has 3 rings (SSSR count). The van der Waals surface area contributed by atoms with E-state index in [1.54, 1.807) is 0 Å². The summed E-state index contributed by atoms with van der Waals surface area (Å²) in [6, 6.07) is 2.67. The molecule has 0 saturated heterocycles. The number of rotatable bonds is 2. The second kappa shape index (κ2) is 5.70. The lowest BCUT2D eigenvalue weighted by atomic mass is 9.80. The summed E-state index contributed by atoms with van der Waals surface area (Å²) in [5.41, 5.74) is 1.29. The largest absolute Gasteiger partial charge is 0.507 e. The number of phenols is 3. The minimum atomic E-state index is -0.760. The van der Waals surface area contributed by atoms with Gasteiger partial charge in [0.15, 0.2) is 17.3 Å². The van der Waals surface area contributed by atoms with Crippen molar-refractivity contribution in [2.75, 3.05) is 14.2 Å². The van der Waals surface area contributed by atoms with Crippen LogP contribution >= 0.6 is 0 Å². The Kier molecular flexibility index (Phi) is 3.79. The molecule has 2 aromatic rings. The van der Waals surface area contributed by atoms with Crippen LogP contribution in [0.3, 0.4) is 0 Å². The van der Waals surface area contributed by atoms with Crippen LogP contribution in [0.15, 0.2) is 12.1 Å². The molecule has 130 valence electrons. The predicted octanol–water partition coefficient (Wildman–Crippen LogP) is 2.04. The Bertz CT molecular complexity index is 928. The van der Waals surface area contributed by atoms with Crippen LogP contribution in [-0.4, -0.2) is 41.3 Å². The standard InChI is InChI=1S/C18H16O7/c1-7-12-8(5-10(19)13(7)18(23)25-3)4-9-6-11(20)17(24-2)16(22)14(9)15(12)21/h5-6,19-20,22H,4H2,1-3H3. The molecule has 0 unspecified atom stereocenters. The van der Waals surface area contributed by atoms with E-state index in [4.69, 9.17) is 4.74 Å². The Balaban J connectivity index is 2.29. The molecule has 7 nitrogen and oxygen atoms in total. The lowest BCUT2D eigenvalue weighted by molar-refractivity contribution is 0.0596. The fourth-order valence-electron chi connectivity index (χ4n) is 3.30. The van der Waals surface area contributed by atoms with E-state index in [2.05, 4.69) is 4.74 Å². The van der Waals surface area contributed by atoms with Crippen LogP contribution in [0.2, 0.25) is 0 Å². The molecule has 1 aliphatic carbocycles. The van der Waals surface area contributed by atoms with Gasteiger partial charge in [-0.1, -0.05) is 0 Å². The summed E-state index contributed by atoms with van der Waals surface area (Å²) in [7, 11) is 2.44. The van der Waals surface area contributed by atoms with Crippen LogP contribution in [0.4, 0.5) is 0 Å². The van der Waals surface area contributed by atoms with Crippen molar-refractivity contribution < 1.29 is 34.4 Å². The molecule has 0 saturated carbocycles. The van der Waals surface area contributed by atoms with Gasteiger partial charge in [0.2, 0.25) is 5.75 Å². The quantitative estimate of drug-likeness (QED) is 0.610. The molecule has 0 fully saturated rings. The van der Waals surface area contributed by atoms with Gasteiger partial charge in [-0.15, -0.1) is 0 Å². The summed E-state index contributed by atoms with van der Waals surface area (Å²) >= 11 is 0. The van der Waals surface area contributed by atoms with Crippen molar-refractivity contribution >= 4 is 11.8 Å². The SMILES string of the molecule is COC(=O)c1c(O)cc2c(c1C)C(=O)c1c(cc(O)c(OC)c1O)C2. The maximum atomic E-state index is 13.0. The van der Waals surface area contributed by atoms with Gasteiger partial charge in [-0.2, -0.15) is 0 Å². The Labute approximate surface area is 143 Å². The molecule has 0 heterocycles. The topological polar surface area (TPSA) is 113 Å². The number of hydrogen-bond acceptors (Lipinski definition) is 7. The first-order chi connectivity index (χ1) is 11.8. The average molecular weight is 344 g/mol. The fourth-order valence-corrected chi connectivity index (χ4v) is 3.30. The van der Waals surface area contributed by atoms with Gasteiger partial charge in [0.25, 0.3) is 0 Å². The molecule has 0 amide bonds. The van der Waals surface area contributed by atoms with Crippen molar-refractivity contribution in [3.05, 3.63) is 45.5 Å². The summed E-state index contributed by atoms with van der Waals surface area (Å²) in [5, 5.41) is 30.4. The van der Waals surface area contributed by atoms with Crippen LogP contribution in [-0.2, 0) is 11.2 Å². The molecule has 0 atom stereocenters. The van der Waals surface area contributed by atoms with Gasteiger partial charge in [-0.05, 0) is 42.2 Å². The van der Waals surface area contributed by atoms with E-state index >= 15 is 0 Å². The first-order valence-electron chi connectivity index (χ1n) is 7.42. The van der Waals surface area contributed by atoms with E-state index in [0.29, 0.717) is 11.1 Å². The first-order valence-corrected chi connectivity index (χ1v) is 7.42. The van der Waals surface area contributed by atoms with Crippen LogP contribution in [0.1, 0.15) is 43.0 Å². The Hall–Kier alpha value is -3.22. The molecular weight excluding hydrogens is 328 g/mol. The zero-order chi connectivity index (χ0) is 18.5. The van der Waals surface area contributed by atoms with Crippen molar-refractivity contribution in [3.63, 3.8) is 0 Å². The Morgan fingerprint density at radius 1 is 1.04 bits per heavy atom. The number of carbonyl (C=O) groups excluding carboxylic acids is 2. The highest BCUT2D eigenvalue weighted by atomic mass is 16.5. The third-order valence-corrected chi connectivity index (χ3v) is 4.38. The number of aromatic hydroxyl groups is 3. The van der Waals surface area contributed by atoms with Crippen molar-refractivity contribution in [1.29, 1.82) is 0 Å². The van der Waals surface area contributed by atoms with Gasteiger partial charge in [0, 0.05) is 5.56 Å². The molecule has 0 bridgehead atoms. The van der Waals surface area contributed by atoms with Crippen molar-refractivity contribution in [2.45, 2.75) is 13.3 Å². The molecule has 3 N–H and O–H groups in total. The third-order valence-electron chi connectivity index (χ3n) is 4.38. The minimum Gasteiger partial charge on any atom is -0.507 e. The maximum absolute atomic E-state index is 13.0. The van der Waals surface area contributed by atoms with Crippen LogP contribution in [0.25, 0.3) is 0 Å². The Morgan fingerprint density at radius 2 is 1.64 bits per heavy atom. The molecule has 25 heavy (non-hydrogen) atoms. The number of methoxy groups -OCH3 is 2. The number of esters is 1. The fraction of sp³-hybridized carbons (Fsp3) is 0.222. The van der Waals surface area contributed by atoms with Gasteiger partial charge in [0.05, 0.1) is 19.8 Å². The molecule has 0 aromatic heterocycles. The predicted molar refractivity (Wildman–Crippen MR) is 86.7 cm³/mol. The van der Waals surface area contributed by atoms with E-state index in [-0.39, 0.29) is 45.9 Å². The molecule has 2 aromatic carbocycles. The summed E-state index contributed by atoms with van der Waals surface area (Å²) in [6.07, 6.45) is 0.192. The normalized spacial score (nSPS) is 12.4. The van der Waals surface area contributed by atoms with Gasteiger partial charge in [-0.3, -0.25) is 4.79 Å². The van der Waals surface area contributed by atoms with Crippen LogP contribution in [0, 0.1) is 6.92 Å². The maximum Gasteiger partial charge on any atom is 0.341 e. The zero-order valence-corrected chi connectivity index (χ0v) is 13.8. The second-order valence-electron chi connectivity index (χ2n) is 5.74. The van der Waals surface area contributed by atoms with E-state index in [9.17, 15) is 24.9 Å². The number of phenolic OH excluding ortho intramolecular Hbond substituents is 3. The van der Waals surface area contributed by atoms with Crippen molar-refractivity contribution in [3.8, 4) is 23.0 Å². The summed E-state index contributed by atoms with van der Waals surface area (Å²) in [5.74, 6) is -2.51. The van der Waals surface area contributed by atoms with Gasteiger partial charge < -0.3 is 24.8 Å². The lowest BCUT2D eigenvalue weighted by Crippen LogP contribution is -2.19. The average Bonchev–Trinajstić information content (AvgIpc) is 2.53. The minimum absolute atomic E-state index is 0.00626. The monoisotopic (exact) mass is 344 g/mol. The summed E-state index contributed by atoms with van der Waals surface area (Å²) in [4.78, 5) is 24.9. The van der Waals surface area contributed by atoms with E-state index in [0.717, 1.165) is 0 Å². The van der Waals surface area contributed by atoms with Crippen LogP contribution < -0.4 is 4.74 Å². The van der Waals surface area contributed by atoms with E-state index in [1.807, 2.05) is 0 Å². The highest BCUT2D eigenvalue weighted by Crippen LogP contribution is 2.45. The lowest BCUT2D eigenvalue weighted by Gasteiger charge is -2.24. The molecule has 0 radical (unpaired) electrons. The number of ether oxygens (including phenoxy) is 2. The Morgan fingerprint density at radius 3 is 2.24 bits per heavy atom. The molecule has 7 heteroatoms. The van der Waals surface area contributed by atoms with E-state index in [1.165, 1.54) is 33.3 Å². The third kappa shape index (κ3) is 2.27. The van der Waals surface area contributed by atoms with Gasteiger partial charge >= 0.3 is 5.97 Å². The van der Waals surface area contributed by atoms with Crippen molar-refractivity contribution in [2.24, 2.45) is 0 Å². The summed E-state index contributed by atoms with van der Waals surface area (Å²) < 4.78 is 9.60. The molecule has 0 spiro atoms. The molecule has 0 aliphatic heterocycles. The molecular formula is C18H16O7. The first kappa shape index (κ1) is 16.6. The summed E-state index contributed by atoms with van der Waals surface area (Å²) in [6.45, 7) is 1.53. The van der Waals surface area contributed by atoms with Gasteiger partial charge in [0.1, 0.15) is 11.3 Å². The highest BCUT2D eigenvalue weighted by molar-refractivity contribution is 6.16. The molecule has 1 aliphatic rings. The second-order valence-corrected chi connectivity index (χ2v) is 5.74.